The van der Waals surface area contributed by atoms with Crippen molar-refractivity contribution in [3.63, 3.8) is 0 Å². The molecule has 1 N–H and O–H groups in total. The van der Waals surface area contributed by atoms with Gasteiger partial charge in [0.05, 0.1) is 0 Å². The molecule has 1 heterocycles. The molecule has 0 aromatic heterocycles. The highest BCUT2D eigenvalue weighted by Crippen LogP contribution is 2.33. The first-order chi connectivity index (χ1) is 14.2. The van der Waals surface area contributed by atoms with Crippen LogP contribution in [0.15, 0.2) is 78.9 Å². The first-order valence-electron chi connectivity index (χ1n) is 9.65. The maximum atomic E-state index is 12.7. The molecule has 5 nitrogen and oxygen atoms in total. The van der Waals surface area contributed by atoms with Crippen LogP contribution in [0, 0.1) is 0 Å². The lowest BCUT2D eigenvalue weighted by Gasteiger charge is -2.31. The number of hydrogen-bond donors (Lipinski definition) is 1. The van der Waals surface area contributed by atoms with Crippen molar-refractivity contribution in [2.75, 3.05) is 0 Å². The number of carbonyl (C=O) groups is 1. The lowest BCUT2D eigenvalue weighted by atomic mass is 10.1. The molecule has 4 rings (SSSR count). The van der Waals surface area contributed by atoms with E-state index in [0.717, 1.165) is 16.9 Å². The van der Waals surface area contributed by atoms with Crippen LogP contribution in [0.4, 0.5) is 0 Å². The molecule has 3 aromatic carbocycles. The smallest absolute Gasteiger partial charge is 0.265 e. The molecule has 0 aliphatic carbocycles. The van der Waals surface area contributed by atoms with Crippen LogP contribution in [-0.4, -0.2) is 18.1 Å². The maximum Gasteiger partial charge on any atom is 0.265 e. The minimum absolute atomic E-state index is 0.203. The summed E-state index contributed by atoms with van der Waals surface area (Å²) in [5.41, 5.74) is 2.03. The Morgan fingerprint density at radius 1 is 0.862 bits per heavy atom. The van der Waals surface area contributed by atoms with E-state index in [2.05, 4.69) is 5.32 Å². The van der Waals surface area contributed by atoms with Gasteiger partial charge in [-0.15, -0.1) is 0 Å². The number of fused-ring (bicyclic) bond motifs is 1. The molecule has 0 fully saturated rings. The van der Waals surface area contributed by atoms with Crippen LogP contribution >= 0.6 is 0 Å². The van der Waals surface area contributed by atoms with Gasteiger partial charge in [0.2, 0.25) is 6.10 Å². The van der Waals surface area contributed by atoms with Crippen LogP contribution in [0.3, 0.4) is 0 Å². The first kappa shape index (κ1) is 18.9. The number of rotatable bonds is 6. The van der Waals surface area contributed by atoms with Crippen molar-refractivity contribution in [2.45, 2.75) is 32.3 Å². The maximum absolute atomic E-state index is 12.7. The van der Waals surface area contributed by atoms with Crippen LogP contribution in [0.2, 0.25) is 0 Å². The van der Waals surface area contributed by atoms with Crippen molar-refractivity contribution in [3.8, 4) is 17.2 Å². The van der Waals surface area contributed by atoms with Crippen LogP contribution in [-0.2, 0) is 17.9 Å². The highest BCUT2D eigenvalue weighted by atomic mass is 16.6. The summed E-state index contributed by atoms with van der Waals surface area (Å²) in [6, 6.07) is 24.9. The molecule has 1 amide bonds. The topological polar surface area (TPSA) is 56.8 Å². The fourth-order valence-corrected chi connectivity index (χ4v) is 3.24. The van der Waals surface area contributed by atoms with Gasteiger partial charge in [-0.1, -0.05) is 54.6 Å². The summed E-state index contributed by atoms with van der Waals surface area (Å²) in [6.45, 7) is 2.66. The van der Waals surface area contributed by atoms with E-state index in [4.69, 9.17) is 14.2 Å². The Balaban J connectivity index is 1.38. The first-order valence-corrected chi connectivity index (χ1v) is 9.65. The Morgan fingerprint density at radius 2 is 1.48 bits per heavy atom. The van der Waals surface area contributed by atoms with E-state index in [0.29, 0.717) is 24.7 Å². The zero-order valence-electron chi connectivity index (χ0n) is 16.2. The summed E-state index contributed by atoms with van der Waals surface area (Å²) < 4.78 is 17.5. The summed E-state index contributed by atoms with van der Waals surface area (Å²) in [5, 5.41) is 2.97. The Bertz CT molecular complexity index is 973. The minimum atomic E-state index is -0.697. The number of hydrogen-bond acceptors (Lipinski definition) is 4. The molecule has 2 atom stereocenters. The van der Waals surface area contributed by atoms with Crippen molar-refractivity contribution in [3.05, 3.63) is 90.0 Å². The lowest BCUT2D eigenvalue weighted by Crippen LogP contribution is -2.48. The fraction of sp³-hybridized carbons (Fsp3) is 0.208. The Hall–Kier alpha value is -3.47. The zero-order chi connectivity index (χ0) is 20.1. The van der Waals surface area contributed by atoms with Crippen LogP contribution < -0.4 is 19.5 Å². The third kappa shape index (κ3) is 4.51. The molecule has 0 saturated heterocycles. The van der Waals surface area contributed by atoms with Gasteiger partial charge in [0.1, 0.15) is 18.5 Å². The van der Waals surface area contributed by atoms with Gasteiger partial charge in [-0.25, -0.2) is 0 Å². The highest BCUT2D eigenvalue weighted by molar-refractivity contribution is 5.82. The van der Waals surface area contributed by atoms with Gasteiger partial charge in [-0.2, -0.15) is 0 Å². The summed E-state index contributed by atoms with van der Waals surface area (Å²) in [5.74, 6) is 1.85. The zero-order valence-corrected chi connectivity index (χ0v) is 16.2. The number of benzene rings is 3. The van der Waals surface area contributed by atoms with Gasteiger partial charge in [0, 0.05) is 6.54 Å². The summed E-state index contributed by atoms with van der Waals surface area (Å²) in [6.07, 6.45) is -1.07. The largest absolute Gasteiger partial charge is 0.489 e. The number of amides is 1. The van der Waals surface area contributed by atoms with Crippen molar-refractivity contribution >= 4 is 5.91 Å². The van der Waals surface area contributed by atoms with Gasteiger partial charge < -0.3 is 19.5 Å². The predicted octanol–water partition coefficient (Wildman–Crippen LogP) is 4.11. The van der Waals surface area contributed by atoms with Crippen molar-refractivity contribution in [1.82, 2.24) is 5.32 Å². The predicted molar refractivity (Wildman–Crippen MR) is 110 cm³/mol. The van der Waals surface area contributed by atoms with Crippen molar-refractivity contribution in [2.24, 2.45) is 0 Å². The fourth-order valence-electron chi connectivity index (χ4n) is 3.24. The Kier molecular flexibility index (Phi) is 5.66. The number of para-hydroxylation sites is 3. The third-order valence-corrected chi connectivity index (χ3v) is 4.81. The van der Waals surface area contributed by atoms with Gasteiger partial charge in [-0.05, 0) is 42.3 Å². The number of nitrogens with one attached hydrogen (secondary N) is 1. The average molecular weight is 389 g/mol. The van der Waals surface area contributed by atoms with Gasteiger partial charge in [-0.3, -0.25) is 4.79 Å². The van der Waals surface area contributed by atoms with Gasteiger partial charge in [0.15, 0.2) is 11.5 Å². The number of ether oxygens (including phenoxy) is 3. The summed E-state index contributed by atoms with van der Waals surface area (Å²) >= 11 is 0. The second-order valence-electron chi connectivity index (χ2n) is 6.90. The van der Waals surface area contributed by atoms with E-state index in [1.807, 2.05) is 79.7 Å². The molecule has 5 heteroatoms. The van der Waals surface area contributed by atoms with Gasteiger partial charge >= 0.3 is 0 Å². The van der Waals surface area contributed by atoms with E-state index in [1.165, 1.54) is 0 Å². The molecule has 1 aliphatic heterocycles. The van der Waals surface area contributed by atoms with E-state index in [9.17, 15) is 4.79 Å². The Morgan fingerprint density at radius 3 is 2.24 bits per heavy atom. The summed E-state index contributed by atoms with van der Waals surface area (Å²) in [7, 11) is 0. The van der Waals surface area contributed by atoms with Crippen molar-refractivity contribution in [1.29, 1.82) is 0 Å². The van der Waals surface area contributed by atoms with Gasteiger partial charge in [0.25, 0.3) is 5.91 Å². The molecule has 0 bridgehead atoms. The van der Waals surface area contributed by atoms with Crippen LogP contribution in [0.25, 0.3) is 0 Å². The van der Waals surface area contributed by atoms with E-state index >= 15 is 0 Å². The Labute approximate surface area is 170 Å². The standard InChI is InChI=1S/C24H23NO4/c1-17-23(29-22-14-8-7-13-21(22)28-17)24(26)25-15-18-9-5-6-10-19(18)16-27-20-11-3-2-4-12-20/h2-14,17,23H,15-16H2,1H3,(H,25,26)/t17-,23-/m1/s1. The lowest BCUT2D eigenvalue weighted by molar-refractivity contribution is -0.133. The highest BCUT2D eigenvalue weighted by Gasteiger charge is 2.33. The molecule has 29 heavy (non-hydrogen) atoms. The van der Waals surface area contributed by atoms with Crippen LogP contribution in [0.5, 0.6) is 17.2 Å². The van der Waals surface area contributed by atoms with E-state index < -0.39 is 6.10 Å². The average Bonchev–Trinajstić information content (AvgIpc) is 2.77. The molecule has 0 saturated carbocycles. The molecule has 1 aliphatic rings. The van der Waals surface area contributed by atoms with E-state index in [-0.39, 0.29) is 12.0 Å². The summed E-state index contributed by atoms with van der Waals surface area (Å²) in [4.78, 5) is 12.7. The second-order valence-corrected chi connectivity index (χ2v) is 6.90. The third-order valence-electron chi connectivity index (χ3n) is 4.81. The van der Waals surface area contributed by atoms with E-state index in [1.54, 1.807) is 6.07 Å². The monoisotopic (exact) mass is 389 g/mol. The quantitative estimate of drug-likeness (QED) is 0.689. The molecular formula is C24H23NO4. The molecule has 148 valence electrons. The minimum Gasteiger partial charge on any atom is -0.489 e. The molecule has 0 spiro atoms. The molecular weight excluding hydrogens is 366 g/mol. The number of carbonyl (C=O) groups excluding carboxylic acids is 1. The molecule has 3 aromatic rings. The van der Waals surface area contributed by atoms with Crippen molar-refractivity contribution < 1.29 is 19.0 Å². The molecule has 0 radical (unpaired) electrons. The molecule has 0 unspecified atom stereocenters. The van der Waals surface area contributed by atoms with Crippen LogP contribution in [0.1, 0.15) is 18.1 Å². The SMILES string of the molecule is C[C@H]1Oc2ccccc2O[C@H]1C(=O)NCc1ccccc1COc1ccccc1. The normalized spacial score (nSPS) is 17.4. The second kappa shape index (κ2) is 8.69.